The molecule has 0 saturated heterocycles. The molecule has 0 aromatic heterocycles. The summed E-state index contributed by atoms with van der Waals surface area (Å²) in [7, 11) is 0. The molecule has 0 heterocycles. The fraction of sp³-hybridized carbons (Fsp3) is 0.937. The fourth-order valence-electron chi connectivity index (χ4n) is 9.99. The van der Waals surface area contributed by atoms with Gasteiger partial charge < -0.3 is 20.3 Å². The number of hydrogen-bond acceptors (Lipinski definition) is 5. The first-order chi connectivity index (χ1) is 34.0. The fourth-order valence-corrected chi connectivity index (χ4v) is 9.99. The third kappa shape index (κ3) is 55.8. The van der Waals surface area contributed by atoms with Crippen LogP contribution in [0.3, 0.4) is 0 Å². The van der Waals surface area contributed by atoms with Crippen molar-refractivity contribution in [1.82, 2.24) is 5.32 Å². The number of ether oxygens (including phenoxy) is 1. The average Bonchev–Trinajstić information content (AvgIpc) is 3.35. The van der Waals surface area contributed by atoms with Gasteiger partial charge in [-0.3, -0.25) is 9.59 Å². The number of allylic oxidation sites excluding steroid dienone is 2. The molecule has 0 saturated carbocycles. The number of carbonyl (C=O) groups excluding carboxylic acids is 2. The quantitative estimate of drug-likeness (QED) is 0.0321. The normalized spacial score (nSPS) is 12.6. The second kappa shape index (κ2) is 59.2. The highest BCUT2D eigenvalue weighted by Gasteiger charge is 2.20. The van der Waals surface area contributed by atoms with Crippen molar-refractivity contribution in [2.24, 2.45) is 0 Å². The van der Waals surface area contributed by atoms with Gasteiger partial charge in [-0.1, -0.05) is 302 Å². The van der Waals surface area contributed by atoms with Crippen LogP contribution in [-0.4, -0.2) is 47.4 Å². The number of esters is 1. The molecule has 410 valence electrons. The molecule has 0 aromatic rings. The number of carbonyl (C=O) groups is 2. The summed E-state index contributed by atoms with van der Waals surface area (Å²) in [6, 6.07) is -0.547. The van der Waals surface area contributed by atoms with Crippen molar-refractivity contribution < 1.29 is 24.5 Å². The molecule has 3 N–H and O–H groups in total. The minimum Gasteiger partial charge on any atom is -0.466 e. The molecular formula is C63H123NO5. The Bertz CT molecular complexity index is 1030. The lowest BCUT2D eigenvalue weighted by molar-refractivity contribution is -0.143. The Labute approximate surface area is 431 Å². The number of nitrogens with one attached hydrogen (secondary N) is 1. The van der Waals surface area contributed by atoms with Gasteiger partial charge in [0.25, 0.3) is 0 Å². The van der Waals surface area contributed by atoms with Crippen molar-refractivity contribution in [2.75, 3.05) is 13.2 Å². The zero-order valence-electron chi connectivity index (χ0n) is 46.8. The maximum absolute atomic E-state index is 12.5. The molecule has 1 amide bonds. The first-order valence-corrected chi connectivity index (χ1v) is 31.4. The molecule has 0 aromatic carbocycles. The average molecular weight is 975 g/mol. The largest absolute Gasteiger partial charge is 0.466 e. The highest BCUT2D eigenvalue weighted by atomic mass is 16.5. The number of amides is 1. The molecule has 0 aliphatic heterocycles. The van der Waals surface area contributed by atoms with E-state index in [2.05, 4.69) is 31.3 Å². The van der Waals surface area contributed by atoms with Crippen LogP contribution < -0.4 is 5.32 Å². The van der Waals surface area contributed by atoms with Crippen LogP contribution in [0.15, 0.2) is 12.2 Å². The third-order valence-corrected chi connectivity index (χ3v) is 14.8. The first kappa shape index (κ1) is 67.6. The Morgan fingerprint density at radius 1 is 0.391 bits per heavy atom. The second-order valence-corrected chi connectivity index (χ2v) is 21.7. The molecule has 0 aliphatic rings. The van der Waals surface area contributed by atoms with Crippen molar-refractivity contribution in [3.05, 3.63) is 12.2 Å². The number of unbranched alkanes of at least 4 members (excludes halogenated alkanes) is 46. The van der Waals surface area contributed by atoms with Crippen LogP contribution in [0.4, 0.5) is 0 Å². The predicted octanol–water partition coefficient (Wildman–Crippen LogP) is 19.6. The summed E-state index contributed by atoms with van der Waals surface area (Å²) in [6.07, 6.45) is 70.7. The Balaban J connectivity index is 3.41. The van der Waals surface area contributed by atoms with Gasteiger partial charge >= 0.3 is 5.97 Å². The second-order valence-electron chi connectivity index (χ2n) is 21.7. The lowest BCUT2D eigenvalue weighted by Crippen LogP contribution is -2.45. The lowest BCUT2D eigenvalue weighted by atomic mass is 10.0. The third-order valence-electron chi connectivity index (χ3n) is 14.8. The first-order valence-electron chi connectivity index (χ1n) is 31.4. The number of hydrogen-bond donors (Lipinski definition) is 3. The van der Waals surface area contributed by atoms with Crippen molar-refractivity contribution >= 4 is 11.9 Å². The van der Waals surface area contributed by atoms with Crippen molar-refractivity contribution in [1.29, 1.82) is 0 Å². The van der Waals surface area contributed by atoms with Crippen LogP contribution in [0.25, 0.3) is 0 Å². The molecular weight excluding hydrogens is 851 g/mol. The Hall–Kier alpha value is -1.40. The number of aliphatic hydroxyl groups is 2. The van der Waals surface area contributed by atoms with Gasteiger partial charge in [0.2, 0.25) is 5.91 Å². The van der Waals surface area contributed by atoms with E-state index in [0.717, 1.165) is 38.5 Å². The predicted molar refractivity (Wildman–Crippen MR) is 301 cm³/mol. The van der Waals surface area contributed by atoms with Crippen LogP contribution in [0, 0.1) is 0 Å². The summed E-state index contributed by atoms with van der Waals surface area (Å²) < 4.78 is 5.49. The zero-order chi connectivity index (χ0) is 50.0. The van der Waals surface area contributed by atoms with Gasteiger partial charge in [-0.25, -0.2) is 0 Å². The van der Waals surface area contributed by atoms with Crippen LogP contribution in [0.2, 0.25) is 0 Å². The standard InChI is InChI=1S/C63H123NO5/c1-3-5-7-9-11-13-15-17-19-24-28-31-35-39-43-47-51-55-61(66)60(59-65)64-62(67)56-52-48-44-40-36-32-29-25-22-20-21-23-26-30-34-38-42-46-50-54-58-69-63(68)57-53-49-45-41-37-33-27-18-16-14-12-10-8-6-4-2/h20,22,60-61,65-66H,3-19,21,23-59H2,1-2H3,(H,64,67)/b22-20-. The van der Waals surface area contributed by atoms with E-state index in [1.54, 1.807) is 0 Å². The van der Waals surface area contributed by atoms with Gasteiger partial charge in [0, 0.05) is 12.8 Å². The van der Waals surface area contributed by atoms with Crippen LogP contribution in [0.5, 0.6) is 0 Å². The molecule has 0 radical (unpaired) electrons. The summed E-state index contributed by atoms with van der Waals surface area (Å²) in [6.45, 7) is 4.97. The van der Waals surface area contributed by atoms with E-state index in [9.17, 15) is 19.8 Å². The Morgan fingerprint density at radius 2 is 0.681 bits per heavy atom. The minimum absolute atomic E-state index is 0.00997. The molecule has 6 heteroatoms. The van der Waals surface area contributed by atoms with Gasteiger partial charge in [-0.2, -0.15) is 0 Å². The molecule has 2 atom stereocenters. The van der Waals surface area contributed by atoms with E-state index in [4.69, 9.17) is 4.74 Å². The maximum Gasteiger partial charge on any atom is 0.305 e. The molecule has 0 bridgehead atoms. The molecule has 0 spiro atoms. The smallest absolute Gasteiger partial charge is 0.305 e. The Morgan fingerprint density at radius 3 is 1.03 bits per heavy atom. The lowest BCUT2D eigenvalue weighted by Gasteiger charge is -2.22. The number of rotatable bonds is 59. The van der Waals surface area contributed by atoms with Crippen LogP contribution in [-0.2, 0) is 14.3 Å². The molecule has 0 fully saturated rings. The summed E-state index contributed by atoms with van der Waals surface area (Å²) in [5, 5.41) is 23.3. The summed E-state index contributed by atoms with van der Waals surface area (Å²) >= 11 is 0. The van der Waals surface area contributed by atoms with Crippen molar-refractivity contribution in [2.45, 2.75) is 366 Å². The highest BCUT2D eigenvalue weighted by Crippen LogP contribution is 2.18. The van der Waals surface area contributed by atoms with Gasteiger partial charge in [0.15, 0.2) is 0 Å². The summed E-state index contributed by atoms with van der Waals surface area (Å²) in [5.41, 5.74) is 0. The highest BCUT2D eigenvalue weighted by molar-refractivity contribution is 5.76. The van der Waals surface area contributed by atoms with Gasteiger partial charge in [-0.15, -0.1) is 0 Å². The number of aliphatic hydroxyl groups excluding tert-OH is 2. The molecule has 2 unspecified atom stereocenters. The zero-order valence-corrected chi connectivity index (χ0v) is 46.8. The minimum atomic E-state index is -0.669. The van der Waals surface area contributed by atoms with Crippen molar-refractivity contribution in [3.8, 4) is 0 Å². The van der Waals surface area contributed by atoms with E-state index in [1.165, 1.54) is 283 Å². The maximum atomic E-state index is 12.5. The summed E-state index contributed by atoms with van der Waals surface area (Å²) in [4.78, 5) is 24.6. The molecule has 69 heavy (non-hydrogen) atoms. The molecule has 6 nitrogen and oxygen atoms in total. The van der Waals surface area contributed by atoms with Crippen molar-refractivity contribution in [3.63, 3.8) is 0 Å². The van der Waals surface area contributed by atoms with Crippen LogP contribution in [0.1, 0.15) is 354 Å². The van der Waals surface area contributed by atoms with E-state index in [0.29, 0.717) is 25.9 Å². The van der Waals surface area contributed by atoms with E-state index in [1.807, 2.05) is 0 Å². The monoisotopic (exact) mass is 974 g/mol. The summed E-state index contributed by atoms with van der Waals surface area (Å²) in [5.74, 6) is -0.0305. The Kier molecular flexibility index (Phi) is 58.0. The molecule has 0 aliphatic carbocycles. The van der Waals surface area contributed by atoms with Gasteiger partial charge in [0.1, 0.15) is 0 Å². The SMILES string of the molecule is CCCCCCCCCCCCCCCCCCCC(O)C(CO)NC(=O)CCCCCCCCC/C=C\CCCCCCCCCCCOC(=O)CCCCCCCCCCCCCCCCC. The van der Waals surface area contributed by atoms with Gasteiger partial charge in [-0.05, 0) is 51.4 Å². The van der Waals surface area contributed by atoms with Crippen LogP contribution >= 0.6 is 0 Å². The van der Waals surface area contributed by atoms with Gasteiger partial charge in [0.05, 0.1) is 25.4 Å². The topological polar surface area (TPSA) is 95.9 Å². The molecule has 0 rings (SSSR count). The van der Waals surface area contributed by atoms with E-state index in [-0.39, 0.29) is 18.5 Å². The van der Waals surface area contributed by atoms with E-state index >= 15 is 0 Å². The van der Waals surface area contributed by atoms with E-state index < -0.39 is 12.1 Å².